The third-order valence-electron chi connectivity index (χ3n) is 3.94. The van der Waals surface area contributed by atoms with Crippen molar-refractivity contribution in [3.05, 3.63) is 59.7 Å². The number of rotatable bonds is 3. The Morgan fingerprint density at radius 1 is 0.905 bits per heavy atom. The average Bonchev–Trinajstić information content (AvgIpc) is 3.29. The molecule has 0 N–H and O–H groups in total. The quantitative estimate of drug-likeness (QED) is 0.590. The van der Waals surface area contributed by atoms with Gasteiger partial charge in [0, 0.05) is 0 Å². The number of hydrogen-bond acceptors (Lipinski definition) is 2. The predicted molar refractivity (Wildman–Crippen MR) is 87.7 cm³/mol. The highest BCUT2D eigenvalue weighted by molar-refractivity contribution is 5.53. The van der Waals surface area contributed by atoms with E-state index in [1.165, 1.54) is 24.0 Å². The molecule has 0 heterocycles. The van der Waals surface area contributed by atoms with Crippen molar-refractivity contribution in [2.75, 3.05) is 0 Å². The lowest BCUT2D eigenvalue weighted by Gasteiger charge is -2.20. The van der Waals surface area contributed by atoms with Gasteiger partial charge in [0.25, 0.3) is 0 Å². The smallest absolute Gasteiger partial charge is 0.0894 e. The summed E-state index contributed by atoms with van der Waals surface area (Å²) in [6, 6.07) is 16.6. The van der Waals surface area contributed by atoms with Crippen LogP contribution in [0.5, 0.6) is 0 Å². The topological polar surface area (TPSA) is 24.7 Å². The minimum atomic E-state index is 0.138. The Bertz CT molecular complexity index is 647. The molecule has 0 unspecified atom stereocenters. The first-order chi connectivity index (χ1) is 10.0. The van der Waals surface area contributed by atoms with Gasteiger partial charge in [-0.1, -0.05) is 51.1 Å². The van der Waals surface area contributed by atoms with Crippen molar-refractivity contribution >= 4 is 11.4 Å². The van der Waals surface area contributed by atoms with Crippen LogP contribution >= 0.6 is 0 Å². The second-order valence-corrected chi connectivity index (χ2v) is 6.83. The van der Waals surface area contributed by atoms with Crippen molar-refractivity contribution in [2.45, 2.75) is 44.9 Å². The second kappa shape index (κ2) is 5.44. The molecule has 1 fully saturated rings. The van der Waals surface area contributed by atoms with Crippen LogP contribution in [0.1, 0.15) is 50.7 Å². The maximum atomic E-state index is 4.54. The van der Waals surface area contributed by atoms with E-state index in [1.807, 2.05) is 30.3 Å². The molecule has 0 radical (unpaired) electrons. The fraction of sp³-hybridized carbons (Fsp3) is 0.368. The highest BCUT2D eigenvalue weighted by Gasteiger charge is 2.27. The largest absolute Gasteiger partial charge is 0.151 e. The molecule has 2 nitrogen and oxygen atoms in total. The maximum absolute atomic E-state index is 4.54. The lowest BCUT2D eigenvalue weighted by molar-refractivity contribution is 0.590. The number of nitrogens with zero attached hydrogens (tertiary/aromatic N) is 2. The van der Waals surface area contributed by atoms with E-state index >= 15 is 0 Å². The first kappa shape index (κ1) is 14.0. The van der Waals surface area contributed by atoms with Gasteiger partial charge in [0.2, 0.25) is 0 Å². The van der Waals surface area contributed by atoms with Gasteiger partial charge in [-0.3, -0.25) is 0 Å². The van der Waals surface area contributed by atoms with Crippen LogP contribution in [-0.2, 0) is 5.41 Å². The second-order valence-electron chi connectivity index (χ2n) is 6.83. The molecule has 0 atom stereocenters. The van der Waals surface area contributed by atoms with Crippen molar-refractivity contribution in [2.24, 2.45) is 10.2 Å². The van der Waals surface area contributed by atoms with Crippen molar-refractivity contribution in [1.82, 2.24) is 0 Å². The van der Waals surface area contributed by atoms with Gasteiger partial charge in [-0.15, -0.1) is 0 Å². The zero-order valence-corrected chi connectivity index (χ0v) is 13.0. The monoisotopic (exact) mass is 278 g/mol. The summed E-state index contributed by atoms with van der Waals surface area (Å²) in [7, 11) is 0. The maximum Gasteiger partial charge on any atom is 0.0894 e. The minimum absolute atomic E-state index is 0.138. The molecule has 0 saturated heterocycles. The summed E-state index contributed by atoms with van der Waals surface area (Å²) in [4.78, 5) is 0. The van der Waals surface area contributed by atoms with Crippen molar-refractivity contribution in [3.63, 3.8) is 0 Å². The number of hydrogen-bond donors (Lipinski definition) is 0. The van der Waals surface area contributed by atoms with Gasteiger partial charge >= 0.3 is 0 Å². The van der Waals surface area contributed by atoms with Crippen LogP contribution in [0.15, 0.2) is 58.8 Å². The van der Waals surface area contributed by atoms with Crippen LogP contribution in [0.4, 0.5) is 11.4 Å². The standard InChI is InChI=1S/C19H22N2/c1-19(2,3)15-11-12-17(14-9-10-14)18(13-15)21-20-16-7-5-4-6-8-16/h4-8,11-14H,9-10H2,1-3H3. The van der Waals surface area contributed by atoms with Gasteiger partial charge in [-0.05, 0) is 53.5 Å². The van der Waals surface area contributed by atoms with Gasteiger partial charge in [-0.25, -0.2) is 0 Å². The lowest BCUT2D eigenvalue weighted by Crippen LogP contribution is -2.10. The van der Waals surface area contributed by atoms with Gasteiger partial charge in [0.15, 0.2) is 0 Å². The van der Waals surface area contributed by atoms with Crippen LogP contribution in [0.3, 0.4) is 0 Å². The molecule has 0 bridgehead atoms. The van der Waals surface area contributed by atoms with Crippen molar-refractivity contribution in [3.8, 4) is 0 Å². The Morgan fingerprint density at radius 3 is 2.24 bits per heavy atom. The summed E-state index contributed by atoms with van der Waals surface area (Å²) >= 11 is 0. The van der Waals surface area contributed by atoms with Crippen LogP contribution in [-0.4, -0.2) is 0 Å². The molecule has 0 aromatic heterocycles. The van der Waals surface area contributed by atoms with E-state index < -0.39 is 0 Å². The molecule has 0 aliphatic heterocycles. The SMILES string of the molecule is CC(C)(C)c1ccc(C2CC2)c(N=Nc2ccccc2)c1. The van der Waals surface area contributed by atoms with E-state index in [9.17, 15) is 0 Å². The van der Waals surface area contributed by atoms with E-state index in [0.29, 0.717) is 5.92 Å². The summed E-state index contributed by atoms with van der Waals surface area (Å²) in [6.07, 6.45) is 2.56. The number of azo groups is 1. The van der Waals surface area contributed by atoms with Crippen molar-refractivity contribution in [1.29, 1.82) is 0 Å². The summed E-state index contributed by atoms with van der Waals surface area (Å²) in [6.45, 7) is 6.70. The summed E-state index contributed by atoms with van der Waals surface area (Å²) in [5, 5.41) is 8.93. The van der Waals surface area contributed by atoms with Gasteiger partial charge < -0.3 is 0 Å². The molecule has 2 aromatic carbocycles. The minimum Gasteiger partial charge on any atom is -0.151 e. The molecule has 2 heteroatoms. The highest BCUT2D eigenvalue weighted by Crippen LogP contribution is 2.45. The van der Waals surface area contributed by atoms with Gasteiger partial charge in [-0.2, -0.15) is 10.2 Å². The normalized spacial score (nSPS) is 15.6. The number of benzene rings is 2. The van der Waals surface area contributed by atoms with Crippen LogP contribution in [0, 0.1) is 0 Å². The third kappa shape index (κ3) is 3.38. The van der Waals surface area contributed by atoms with Crippen molar-refractivity contribution < 1.29 is 0 Å². The fourth-order valence-electron chi connectivity index (χ4n) is 2.44. The Hall–Kier alpha value is -1.96. The van der Waals surface area contributed by atoms with E-state index in [-0.39, 0.29) is 5.41 Å². The van der Waals surface area contributed by atoms with E-state index in [4.69, 9.17) is 0 Å². The predicted octanol–water partition coefficient (Wildman–Crippen LogP) is 6.28. The molecule has 3 rings (SSSR count). The Labute approximate surface area is 126 Å². The Morgan fingerprint density at radius 2 is 1.62 bits per heavy atom. The van der Waals surface area contributed by atoms with E-state index in [2.05, 4.69) is 49.2 Å². The van der Waals surface area contributed by atoms with Crippen LogP contribution < -0.4 is 0 Å². The fourth-order valence-corrected chi connectivity index (χ4v) is 2.44. The molecule has 2 aromatic rings. The van der Waals surface area contributed by atoms with Gasteiger partial charge in [0.1, 0.15) is 0 Å². The van der Waals surface area contributed by atoms with E-state index in [1.54, 1.807) is 0 Å². The summed E-state index contributed by atoms with van der Waals surface area (Å²) in [5.74, 6) is 0.684. The molecule has 1 saturated carbocycles. The Balaban J connectivity index is 1.96. The molecule has 108 valence electrons. The highest BCUT2D eigenvalue weighted by atomic mass is 15.1. The third-order valence-corrected chi connectivity index (χ3v) is 3.94. The molecule has 0 amide bonds. The molecular weight excluding hydrogens is 256 g/mol. The molecular formula is C19H22N2. The van der Waals surface area contributed by atoms with Gasteiger partial charge in [0.05, 0.1) is 11.4 Å². The lowest BCUT2D eigenvalue weighted by atomic mass is 9.86. The Kier molecular flexibility index (Phi) is 3.62. The molecule has 0 spiro atoms. The zero-order chi connectivity index (χ0) is 14.9. The first-order valence-corrected chi connectivity index (χ1v) is 7.65. The molecule has 1 aliphatic carbocycles. The van der Waals surface area contributed by atoms with Crippen LogP contribution in [0.2, 0.25) is 0 Å². The summed E-state index contributed by atoms with van der Waals surface area (Å²) in [5.41, 5.74) is 4.74. The molecule has 1 aliphatic rings. The van der Waals surface area contributed by atoms with Crippen LogP contribution in [0.25, 0.3) is 0 Å². The summed E-state index contributed by atoms with van der Waals surface area (Å²) < 4.78 is 0. The average molecular weight is 278 g/mol. The first-order valence-electron chi connectivity index (χ1n) is 7.65. The molecule has 21 heavy (non-hydrogen) atoms. The zero-order valence-electron chi connectivity index (χ0n) is 13.0. The van der Waals surface area contributed by atoms with E-state index in [0.717, 1.165) is 11.4 Å².